The Morgan fingerprint density at radius 1 is 1.60 bits per heavy atom. The molecule has 82 valence electrons. The van der Waals surface area contributed by atoms with Crippen molar-refractivity contribution in [2.45, 2.75) is 6.42 Å². The normalized spacial score (nSPS) is 9.87. The molecule has 0 aliphatic carbocycles. The van der Waals surface area contributed by atoms with E-state index in [1.165, 1.54) is 5.56 Å². The maximum Gasteiger partial charge on any atom is 0.233 e. The average Bonchev–Trinajstić information content (AvgIpc) is 2.71. The van der Waals surface area contributed by atoms with Crippen LogP contribution in [0.5, 0.6) is 0 Å². The summed E-state index contributed by atoms with van der Waals surface area (Å²) in [5, 5.41) is 9.94. The molecule has 4 heteroatoms. The molecule has 1 amide bonds. The molecule has 1 heterocycles. The summed E-state index contributed by atoms with van der Waals surface area (Å²) in [6.07, 6.45) is 2.63. The van der Waals surface area contributed by atoms with Gasteiger partial charge in [-0.15, -0.1) is 6.58 Å². The molecule has 0 bridgehead atoms. The first-order valence-corrected chi connectivity index (χ1v) is 5.86. The maximum atomic E-state index is 11.2. The predicted molar refractivity (Wildman–Crippen MR) is 64.1 cm³/mol. The molecule has 0 aliphatic heterocycles. The Kier molecular flexibility index (Phi) is 5.73. The molecule has 0 fully saturated rings. The molecule has 0 aromatic carbocycles. The molecule has 0 saturated carbocycles. The van der Waals surface area contributed by atoms with Gasteiger partial charge >= 0.3 is 0 Å². The Morgan fingerprint density at radius 2 is 2.47 bits per heavy atom. The highest BCUT2D eigenvalue weighted by Crippen LogP contribution is 2.05. The number of hydrogen-bond acceptors (Lipinski definition) is 3. The zero-order chi connectivity index (χ0) is 10.9. The lowest BCUT2D eigenvalue weighted by atomic mass is 10.2. The van der Waals surface area contributed by atoms with Crippen molar-refractivity contribution in [1.82, 2.24) is 10.6 Å². The molecule has 0 atom stereocenters. The Balaban J connectivity index is 2.04. The first-order chi connectivity index (χ1) is 7.33. The van der Waals surface area contributed by atoms with Crippen molar-refractivity contribution in [3.05, 3.63) is 35.0 Å². The van der Waals surface area contributed by atoms with Crippen LogP contribution < -0.4 is 10.6 Å². The minimum Gasteiger partial charge on any atom is -0.355 e. The first kappa shape index (κ1) is 11.9. The van der Waals surface area contributed by atoms with E-state index in [1.54, 1.807) is 17.4 Å². The number of carbonyl (C=O) groups excluding carboxylic acids is 1. The molecule has 1 aromatic rings. The molecule has 0 saturated heterocycles. The highest BCUT2D eigenvalue weighted by Gasteiger charge is 1.99. The first-order valence-electron chi connectivity index (χ1n) is 4.92. The number of carbonyl (C=O) groups is 1. The van der Waals surface area contributed by atoms with E-state index in [4.69, 9.17) is 0 Å². The van der Waals surface area contributed by atoms with E-state index in [9.17, 15) is 4.79 Å². The van der Waals surface area contributed by atoms with Crippen molar-refractivity contribution in [3.8, 4) is 0 Å². The summed E-state index contributed by atoms with van der Waals surface area (Å²) in [6, 6.07) is 2.08. The third-order valence-corrected chi connectivity index (χ3v) is 2.62. The van der Waals surface area contributed by atoms with Gasteiger partial charge in [-0.05, 0) is 28.8 Å². The minimum atomic E-state index is 0.0343. The van der Waals surface area contributed by atoms with E-state index in [2.05, 4.69) is 28.7 Å². The Morgan fingerprint density at radius 3 is 3.13 bits per heavy atom. The van der Waals surface area contributed by atoms with Gasteiger partial charge in [0.15, 0.2) is 0 Å². The van der Waals surface area contributed by atoms with Crippen molar-refractivity contribution in [2.75, 3.05) is 19.6 Å². The molecule has 0 aliphatic rings. The standard InChI is InChI=1S/C11H16N2OS/c1-2-5-12-8-11(14)13-6-3-10-4-7-15-9-10/h2,4,7,9,12H,1,3,5-6,8H2,(H,13,14). The van der Waals surface area contributed by atoms with Gasteiger partial charge in [0.1, 0.15) is 0 Å². The van der Waals surface area contributed by atoms with Crippen LogP contribution in [0.1, 0.15) is 5.56 Å². The Hall–Kier alpha value is -1.13. The zero-order valence-electron chi connectivity index (χ0n) is 8.66. The minimum absolute atomic E-state index is 0.0343. The summed E-state index contributed by atoms with van der Waals surface area (Å²) in [5.41, 5.74) is 1.28. The summed E-state index contributed by atoms with van der Waals surface area (Å²) >= 11 is 1.68. The van der Waals surface area contributed by atoms with Gasteiger partial charge in [0, 0.05) is 13.1 Å². The predicted octanol–water partition coefficient (Wildman–Crippen LogP) is 1.18. The van der Waals surface area contributed by atoms with Gasteiger partial charge in [0.25, 0.3) is 0 Å². The number of rotatable bonds is 7. The summed E-state index contributed by atoms with van der Waals surface area (Å²) < 4.78 is 0. The zero-order valence-corrected chi connectivity index (χ0v) is 9.48. The molecular weight excluding hydrogens is 208 g/mol. The van der Waals surface area contributed by atoms with Gasteiger partial charge in [0.2, 0.25) is 5.91 Å². The second-order valence-corrected chi connectivity index (χ2v) is 3.93. The molecule has 0 radical (unpaired) electrons. The van der Waals surface area contributed by atoms with Crippen LogP contribution in [-0.2, 0) is 11.2 Å². The fraction of sp³-hybridized carbons (Fsp3) is 0.364. The van der Waals surface area contributed by atoms with Crippen molar-refractivity contribution < 1.29 is 4.79 Å². The molecule has 3 nitrogen and oxygen atoms in total. The Labute approximate surface area is 94.2 Å². The summed E-state index contributed by atoms with van der Waals surface area (Å²) in [4.78, 5) is 11.2. The van der Waals surface area contributed by atoms with Crippen LogP contribution in [0.15, 0.2) is 29.5 Å². The van der Waals surface area contributed by atoms with Gasteiger partial charge < -0.3 is 10.6 Å². The van der Waals surface area contributed by atoms with Crippen molar-refractivity contribution in [3.63, 3.8) is 0 Å². The summed E-state index contributed by atoms with van der Waals surface area (Å²) in [5.74, 6) is 0.0343. The number of nitrogens with one attached hydrogen (secondary N) is 2. The lowest BCUT2D eigenvalue weighted by Gasteiger charge is -2.04. The fourth-order valence-corrected chi connectivity index (χ4v) is 1.83. The highest BCUT2D eigenvalue weighted by atomic mass is 32.1. The van der Waals surface area contributed by atoms with E-state index in [0.717, 1.165) is 6.42 Å². The molecule has 2 N–H and O–H groups in total. The van der Waals surface area contributed by atoms with E-state index in [1.807, 2.05) is 5.38 Å². The molecule has 1 rings (SSSR count). The van der Waals surface area contributed by atoms with Crippen molar-refractivity contribution >= 4 is 17.2 Å². The van der Waals surface area contributed by atoms with E-state index < -0.39 is 0 Å². The van der Waals surface area contributed by atoms with E-state index in [-0.39, 0.29) is 5.91 Å². The van der Waals surface area contributed by atoms with Crippen LogP contribution in [-0.4, -0.2) is 25.5 Å². The average molecular weight is 224 g/mol. The molecule has 0 unspecified atom stereocenters. The molecule has 1 aromatic heterocycles. The lowest BCUT2D eigenvalue weighted by molar-refractivity contribution is -0.120. The topological polar surface area (TPSA) is 41.1 Å². The quantitative estimate of drug-likeness (QED) is 0.539. The van der Waals surface area contributed by atoms with Crippen LogP contribution in [0.25, 0.3) is 0 Å². The monoisotopic (exact) mass is 224 g/mol. The second-order valence-electron chi connectivity index (χ2n) is 3.15. The fourth-order valence-electron chi connectivity index (χ4n) is 1.13. The lowest BCUT2D eigenvalue weighted by Crippen LogP contribution is -2.34. The van der Waals surface area contributed by atoms with Crippen LogP contribution in [0.4, 0.5) is 0 Å². The van der Waals surface area contributed by atoms with Crippen molar-refractivity contribution in [1.29, 1.82) is 0 Å². The SMILES string of the molecule is C=CCNCC(=O)NCCc1ccsc1. The number of thiophene rings is 1. The van der Waals surface area contributed by atoms with Gasteiger partial charge in [-0.2, -0.15) is 11.3 Å². The largest absolute Gasteiger partial charge is 0.355 e. The smallest absolute Gasteiger partial charge is 0.233 e. The van der Waals surface area contributed by atoms with Crippen molar-refractivity contribution in [2.24, 2.45) is 0 Å². The molecule has 15 heavy (non-hydrogen) atoms. The second kappa shape index (κ2) is 7.20. The Bertz CT molecular complexity index is 296. The number of amides is 1. The third-order valence-electron chi connectivity index (χ3n) is 1.89. The van der Waals surface area contributed by atoms with Crippen LogP contribution in [0.3, 0.4) is 0 Å². The van der Waals surface area contributed by atoms with Gasteiger partial charge in [-0.3, -0.25) is 4.79 Å². The van der Waals surface area contributed by atoms with Crippen LogP contribution in [0, 0.1) is 0 Å². The molecular formula is C11H16N2OS. The van der Waals surface area contributed by atoms with Gasteiger partial charge in [0.05, 0.1) is 6.54 Å². The summed E-state index contributed by atoms with van der Waals surface area (Å²) in [6.45, 7) is 5.28. The van der Waals surface area contributed by atoms with Gasteiger partial charge in [-0.25, -0.2) is 0 Å². The van der Waals surface area contributed by atoms with E-state index >= 15 is 0 Å². The maximum absolute atomic E-state index is 11.2. The summed E-state index contributed by atoms with van der Waals surface area (Å²) in [7, 11) is 0. The third kappa shape index (κ3) is 5.34. The van der Waals surface area contributed by atoms with Crippen LogP contribution >= 0.6 is 11.3 Å². The highest BCUT2D eigenvalue weighted by molar-refractivity contribution is 7.07. The van der Waals surface area contributed by atoms with Crippen LogP contribution in [0.2, 0.25) is 0 Å². The van der Waals surface area contributed by atoms with E-state index in [0.29, 0.717) is 19.6 Å². The van der Waals surface area contributed by atoms with Gasteiger partial charge in [-0.1, -0.05) is 6.08 Å². The molecule has 0 spiro atoms. The number of hydrogen-bond donors (Lipinski definition) is 2.